The Labute approximate surface area is 99.1 Å². The van der Waals surface area contributed by atoms with E-state index in [0.29, 0.717) is 18.0 Å². The van der Waals surface area contributed by atoms with Gasteiger partial charge in [0.1, 0.15) is 5.75 Å². The molecule has 16 heavy (non-hydrogen) atoms. The lowest BCUT2D eigenvalue weighted by molar-refractivity contribution is 0.414. The molecule has 0 bridgehead atoms. The minimum absolute atomic E-state index is 0.461. The van der Waals surface area contributed by atoms with E-state index in [9.17, 15) is 0 Å². The SMILES string of the molecule is COc1cc(Cl)ccc1C=CCCN=[N+]=[N-]. The van der Waals surface area contributed by atoms with Gasteiger partial charge in [-0.05, 0) is 30.2 Å². The third-order valence-electron chi connectivity index (χ3n) is 1.95. The molecule has 1 rings (SSSR count). The quantitative estimate of drug-likeness (QED) is 0.330. The second-order valence-corrected chi connectivity index (χ2v) is 3.47. The van der Waals surface area contributed by atoms with E-state index in [1.54, 1.807) is 19.2 Å². The van der Waals surface area contributed by atoms with Crippen LogP contribution in [-0.2, 0) is 0 Å². The van der Waals surface area contributed by atoms with Gasteiger partial charge in [-0.15, -0.1) is 0 Å². The molecular weight excluding hydrogens is 226 g/mol. The zero-order chi connectivity index (χ0) is 11.8. The molecule has 84 valence electrons. The Morgan fingerprint density at radius 1 is 1.56 bits per heavy atom. The molecule has 0 N–H and O–H groups in total. The van der Waals surface area contributed by atoms with Crippen LogP contribution in [0.5, 0.6) is 5.75 Å². The summed E-state index contributed by atoms with van der Waals surface area (Å²) in [5.41, 5.74) is 9.05. The second kappa shape index (κ2) is 6.77. The van der Waals surface area contributed by atoms with Gasteiger partial charge in [0.15, 0.2) is 0 Å². The summed E-state index contributed by atoms with van der Waals surface area (Å²) in [4.78, 5) is 2.67. The van der Waals surface area contributed by atoms with E-state index in [-0.39, 0.29) is 0 Å². The van der Waals surface area contributed by atoms with Gasteiger partial charge in [0.2, 0.25) is 0 Å². The van der Waals surface area contributed by atoms with Crippen LogP contribution in [0.15, 0.2) is 29.4 Å². The molecule has 1 aromatic rings. The molecule has 0 fully saturated rings. The van der Waals surface area contributed by atoms with Crippen molar-refractivity contribution in [1.29, 1.82) is 0 Å². The predicted molar refractivity (Wildman–Crippen MR) is 65.7 cm³/mol. The fraction of sp³-hybridized carbons (Fsp3) is 0.273. The number of nitrogens with zero attached hydrogens (tertiary/aromatic N) is 3. The highest BCUT2D eigenvalue weighted by Crippen LogP contribution is 2.24. The van der Waals surface area contributed by atoms with Crippen molar-refractivity contribution in [3.05, 3.63) is 45.3 Å². The highest BCUT2D eigenvalue weighted by Gasteiger charge is 1.99. The van der Waals surface area contributed by atoms with Crippen molar-refractivity contribution >= 4 is 17.7 Å². The first-order valence-corrected chi connectivity index (χ1v) is 5.16. The van der Waals surface area contributed by atoms with Gasteiger partial charge in [-0.2, -0.15) is 0 Å². The van der Waals surface area contributed by atoms with Crippen LogP contribution in [0.25, 0.3) is 16.5 Å². The monoisotopic (exact) mass is 237 g/mol. The van der Waals surface area contributed by atoms with E-state index in [1.165, 1.54) is 0 Å². The average molecular weight is 238 g/mol. The largest absolute Gasteiger partial charge is 0.496 e. The number of hydrogen-bond donors (Lipinski definition) is 0. The summed E-state index contributed by atoms with van der Waals surface area (Å²) >= 11 is 5.84. The number of benzene rings is 1. The summed E-state index contributed by atoms with van der Waals surface area (Å²) in [6.07, 6.45) is 4.55. The lowest BCUT2D eigenvalue weighted by atomic mass is 10.2. The van der Waals surface area contributed by atoms with Gasteiger partial charge in [-0.3, -0.25) is 0 Å². The van der Waals surface area contributed by atoms with Crippen molar-refractivity contribution in [1.82, 2.24) is 0 Å². The van der Waals surface area contributed by atoms with E-state index in [1.807, 2.05) is 18.2 Å². The normalized spacial score (nSPS) is 10.1. The van der Waals surface area contributed by atoms with E-state index >= 15 is 0 Å². The van der Waals surface area contributed by atoms with E-state index in [2.05, 4.69) is 10.0 Å². The minimum Gasteiger partial charge on any atom is -0.496 e. The van der Waals surface area contributed by atoms with E-state index in [4.69, 9.17) is 21.9 Å². The molecule has 0 unspecified atom stereocenters. The molecule has 0 aliphatic rings. The fourth-order valence-corrected chi connectivity index (χ4v) is 1.37. The van der Waals surface area contributed by atoms with Gasteiger partial charge in [0.25, 0.3) is 0 Å². The fourth-order valence-electron chi connectivity index (χ4n) is 1.21. The molecule has 0 spiro atoms. The first-order chi connectivity index (χ1) is 7.77. The zero-order valence-electron chi connectivity index (χ0n) is 8.93. The van der Waals surface area contributed by atoms with Gasteiger partial charge in [0, 0.05) is 22.0 Å². The number of rotatable bonds is 5. The Bertz CT molecular complexity index is 425. The number of methoxy groups -OCH3 is 1. The van der Waals surface area contributed by atoms with Crippen molar-refractivity contribution in [2.75, 3.05) is 13.7 Å². The lowest BCUT2D eigenvalue weighted by Crippen LogP contribution is -1.86. The summed E-state index contributed by atoms with van der Waals surface area (Å²) in [5.74, 6) is 0.729. The van der Waals surface area contributed by atoms with Gasteiger partial charge in [-0.25, -0.2) is 0 Å². The van der Waals surface area contributed by atoms with Crippen LogP contribution in [-0.4, -0.2) is 13.7 Å². The van der Waals surface area contributed by atoms with Crippen LogP contribution in [0.1, 0.15) is 12.0 Å². The molecule has 1 aromatic carbocycles. The summed E-state index contributed by atoms with van der Waals surface area (Å²) < 4.78 is 5.19. The molecule has 0 amide bonds. The highest BCUT2D eigenvalue weighted by molar-refractivity contribution is 6.30. The molecule has 0 atom stereocenters. The summed E-state index contributed by atoms with van der Waals surface area (Å²) in [5, 5.41) is 4.08. The van der Waals surface area contributed by atoms with Crippen molar-refractivity contribution in [2.45, 2.75) is 6.42 Å². The molecular formula is C11H12ClN3O. The first-order valence-electron chi connectivity index (χ1n) is 4.79. The summed E-state index contributed by atoms with van der Waals surface area (Å²) in [6, 6.07) is 5.44. The van der Waals surface area contributed by atoms with E-state index < -0.39 is 0 Å². The van der Waals surface area contributed by atoms with Crippen molar-refractivity contribution < 1.29 is 4.74 Å². The summed E-state index contributed by atoms with van der Waals surface area (Å²) in [6.45, 7) is 0.461. The maximum absolute atomic E-state index is 8.09. The van der Waals surface area contributed by atoms with Gasteiger partial charge in [0.05, 0.1) is 7.11 Å². The van der Waals surface area contributed by atoms with Crippen LogP contribution >= 0.6 is 11.6 Å². The van der Waals surface area contributed by atoms with E-state index in [0.717, 1.165) is 11.3 Å². The van der Waals surface area contributed by atoms with Crippen LogP contribution in [0.4, 0.5) is 0 Å². The van der Waals surface area contributed by atoms with Crippen LogP contribution in [0.2, 0.25) is 5.02 Å². The first kappa shape index (κ1) is 12.4. The standard InChI is InChI=1S/C11H12ClN3O/c1-16-11-8-10(12)6-5-9(11)4-2-3-7-14-15-13/h2,4-6,8H,3,7H2,1H3. The maximum atomic E-state index is 8.09. The van der Waals surface area contributed by atoms with Gasteiger partial charge in [-0.1, -0.05) is 28.9 Å². The molecule has 0 radical (unpaired) electrons. The Balaban J connectivity index is 2.68. The van der Waals surface area contributed by atoms with Crippen LogP contribution in [0, 0.1) is 0 Å². The van der Waals surface area contributed by atoms with Crippen LogP contribution in [0.3, 0.4) is 0 Å². The molecule has 0 aromatic heterocycles. The Morgan fingerprint density at radius 3 is 3.06 bits per heavy atom. The molecule has 0 aliphatic carbocycles. The third kappa shape index (κ3) is 3.85. The maximum Gasteiger partial charge on any atom is 0.127 e. The second-order valence-electron chi connectivity index (χ2n) is 3.03. The zero-order valence-corrected chi connectivity index (χ0v) is 9.68. The molecule has 0 aliphatic heterocycles. The number of azide groups is 1. The lowest BCUT2D eigenvalue weighted by Gasteiger charge is -2.04. The minimum atomic E-state index is 0.461. The highest BCUT2D eigenvalue weighted by atomic mass is 35.5. The Kier molecular flexibility index (Phi) is 5.26. The van der Waals surface area contributed by atoms with Crippen LogP contribution < -0.4 is 4.74 Å². The molecule has 4 nitrogen and oxygen atoms in total. The predicted octanol–water partition coefficient (Wildman–Crippen LogP) is 4.06. The smallest absolute Gasteiger partial charge is 0.127 e. The van der Waals surface area contributed by atoms with Crippen molar-refractivity contribution in [3.8, 4) is 5.75 Å². The number of halogens is 1. The topological polar surface area (TPSA) is 58.0 Å². The number of hydrogen-bond acceptors (Lipinski definition) is 2. The van der Waals surface area contributed by atoms with Gasteiger partial charge < -0.3 is 4.74 Å². The van der Waals surface area contributed by atoms with Crippen molar-refractivity contribution in [3.63, 3.8) is 0 Å². The molecule has 0 saturated heterocycles. The average Bonchev–Trinajstić information content (AvgIpc) is 2.30. The third-order valence-corrected chi connectivity index (χ3v) is 2.19. The Morgan fingerprint density at radius 2 is 2.38 bits per heavy atom. The van der Waals surface area contributed by atoms with Gasteiger partial charge >= 0.3 is 0 Å². The molecule has 0 saturated carbocycles. The Hall–Kier alpha value is -1.64. The summed E-state index contributed by atoms with van der Waals surface area (Å²) in [7, 11) is 1.60. The number of ether oxygens (including phenoxy) is 1. The molecule has 5 heteroatoms. The van der Waals surface area contributed by atoms with Crippen molar-refractivity contribution in [2.24, 2.45) is 5.11 Å². The molecule has 0 heterocycles.